The monoisotopic (exact) mass is 334 g/mol. The predicted octanol–water partition coefficient (Wildman–Crippen LogP) is 1.96. The molecule has 0 unspecified atom stereocenters. The molecule has 5 heteroatoms. The predicted molar refractivity (Wildman–Crippen MR) is 94.9 cm³/mol. The molecule has 1 aliphatic rings. The number of ether oxygens (including phenoxy) is 1. The molecule has 1 aliphatic heterocycles. The van der Waals surface area contributed by atoms with E-state index in [0.29, 0.717) is 17.9 Å². The first-order valence-corrected chi connectivity index (χ1v) is 8.13. The normalized spacial score (nSPS) is 14.8. The van der Waals surface area contributed by atoms with Crippen LogP contribution in [0.25, 0.3) is 0 Å². The maximum atomic E-state index is 12.7. The largest absolute Gasteiger partial charge is 0.462 e. The van der Waals surface area contributed by atoms with Crippen LogP contribution < -0.4 is 16.0 Å². The number of aromatic nitrogens is 2. The number of nitrogens with zero attached hydrogens (tertiary/aromatic N) is 2. The number of hydrogen-bond acceptors (Lipinski definition) is 3. The third-order valence-electron chi connectivity index (χ3n) is 4.88. The number of hydrogen-bond donors (Lipinski definition) is 0. The minimum Gasteiger partial charge on any atom is -0.462 e. The molecule has 0 fully saturated rings. The van der Waals surface area contributed by atoms with Crippen LogP contribution >= 0.6 is 0 Å². The minimum absolute atomic E-state index is 0.299. The van der Waals surface area contributed by atoms with Gasteiger partial charge in [0.2, 0.25) is 5.88 Å². The summed E-state index contributed by atoms with van der Waals surface area (Å²) in [6.45, 7) is 0. The Morgan fingerprint density at radius 1 is 0.840 bits per heavy atom. The molecule has 0 amide bonds. The first-order valence-electron chi connectivity index (χ1n) is 8.13. The van der Waals surface area contributed by atoms with E-state index in [1.807, 2.05) is 60.7 Å². The van der Waals surface area contributed by atoms with Crippen LogP contribution in [0.5, 0.6) is 5.88 Å². The van der Waals surface area contributed by atoms with E-state index in [-0.39, 0.29) is 11.2 Å². The Morgan fingerprint density at radius 2 is 1.36 bits per heavy atom. The molecule has 0 aliphatic carbocycles. The van der Waals surface area contributed by atoms with E-state index < -0.39 is 5.60 Å². The van der Waals surface area contributed by atoms with Crippen LogP contribution in [0.2, 0.25) is 0 Å². The van der Waals surface area contributed by atoms with Gasteiger partial charge in [-0.3, -0.25) is 13.9 Å². The average Bonchev–Trinajstić information content (AvgIpc) is 3.08. The van der Waals surface area contributed by atoms with Crippen LogP contribution in [0.4, 0.5) is 0 Å². The Bertz CT molecular complexity index is 1010. The fourth-order valence-corrected chi connectivity index (χ4v) is 3.53. The van der Waals surface area contributed by atoms with Crippen LogP contribution in [-0.4, -0.2) is 9.13 Å². The Hall–Kier alpha value is -3.08. The van der Waals surface area contributed by atoms with E-state index >= 15 is 0 Å². The van der Waals surface area contributed by atoms with Crippen molar-refractivity contribution in [3.05, 3.63) is 98.2 Å². The molecule has 0 N–H and O–H groups in total. The summed E-state index contributed by atoms with van der Waals surface area (Å²) in [6.07, 6.45) is 0.386. The van der Waals surface area contributed by atoms with Gasteiger partial charge in [0.05, 0.1) is 5.56 Å². The van der Waals surface area contributed by atoms with Crippen LogP contribution in [0, 0.1) is 0 Å². The highest BCUT2D eigenvalue weighted by molar-refractivity contribution is 5.45. The quantitative estimate of drug-likeness (QED) is 0.720. The zero-order valence-corrected chi connectivity index (χ0v) is 14.1. The van der Waals surface area contributed by atoms with E-state index in [1.54, 1.807) is 7.05 Å². The summed E-state index contributed by atoms with van der Waals surface area (Å²) >= 11 is 0. The maximum absolute atomic E-state index is 12.7. The van der Waals surface area contributed by atoms with Crippen molar-refractivity contribution in [1.82, 2.24) is 9.13 Å². The van der Waals surface area contributed by atoms with Gasteiger partial charge in [-0.15, -0.1) is 0 Å². The van der Waals surface area contributed by atoms with Crippen LogP contribution in [0.1, 0.15) is 16.7 Å². The van der Waals surface area contributed by atoms with Crippen molar-refractivity contribution in [1.29, 1.82) is 0 Å². The Morgan fingerprint density at radius 3 is 1.88 bits per heavy atom. The molecule has 2 heterocycles. The van der Waals surface area contributed by atoms with Crippen LogP contribution in [0.3, 0.4) is 0 Å². The molecule has 0 spiro atoms. The second-order valence-electron chi connectivity index (χ2n) is 6.33. The van der Waals surface area contributed by atoms with Crippen molar-refractivity contribution < 1.29 is 4.74 Å². The number of rotatable bonds is 2. The third kappa shape index (κ3) is 2.16. The first kappa shape index (κ1) is 15.4. The van der Waals surface area contributed by atoms with E-state index in [0.717, 1.165) is 15.7 Å². The van der Waals surface area contributed by atoms with Crippen LogP contribution in [-0.2, 0) is 26.1 Å². The molecule has 4 rings (SSSR count). The summed E-state index contributed by atoms with van der Waals surface area (Å²) in [7, 11) is 3.13. The van der Waals surface area contributed by atoms with Crippen molar-refractivity contribution in [2.45, 2.75) is 12.0 Å². The van der Waals surface area contributed by atoms with Gasteiger partial charge in [-0.05, 0) is 0 Å². The van der Waals surface area contributed by atoms with Crippen molar-refractivity contribution in [3.8, 4) is 5.88 Å². The summed E-state index contributed by atoms with van der Waals surface area (Å²) in [4.78, 5) is 24.9. The molecule has 5 nitrogen and oxygen atoms in total. The van der Waals surface area contributed by atoms with Gasteiger partial charge in [-0.1, -0.05) is 60.7 Å². The van der Waals surface area contributed by atoms with Crippen LogP contribution in [0.15, 0.2) is 70.3 Å². The van der Waals surface area contributed by atoms with Gasteiger partial charge in [0.25, 0.3) is 5.56 Å². The molecule has 0 radical (unpaired) electrons. The lowest BCUT2D eigenvalue weighted by molar-refractivity contribution is 0.128. The Labute approximate surface area is 144 Å². The molecule has 3 aromatic rings. The van der Waals surface area contributed by atoms with E-state index in [1.165, 1.54) is 11.6 Å². The molecular formula is C20H18N2O3. The minimum atomic E-state index is -0.817. The van der Waals surface area contributed by atoms with Crippen molar-refractivity contribution in [2.75, 3.05) is 0 Å². The Kier molecular flexibility index (Phi) is 3.39. The van der Waals surface area contributed by atoms with E-state index in [4.69, 9.17) is 4.74 Å². The van der Waals surface area contributed by atoms with Gasteiger partial charge in [-0.2, -0.15) is 0 Å². The molecule has 1 aromatic heterocycles. The lowest BCUT2D eigenvalue weighted by Crippen LogP contribution is -2.38. The molecule has 0 saturated heterocycles. The van der Waals surface area contributed by atoms with Gasteiger partial charge in [0.1, 0.15) is 0 Å². The maximum Gasteiger partial charge on any atom is 0.333 e. The van der Waals surface area contributed by atoms with Gasteiger partial charge in [0.15, 0.2) is 5.60 Å². The molecule has 25 heavy (non-hydrogen) atoms. The summed E-state index contributed by atoms with van der Waals surface area (Å²) < 4.78 is 8.90. The second kappa shape index (κ2) is 5.48. The molecule has 0 saturated carbocycles. The molecule has 126 valence electrons. The SMILES string of the molecule is Cn1c2c(c(=O)n(C)c1=O)CC(c1ccccc1)(c1ccccc1)O2. The molecule has 0 bridgehead atoms. The van der Waals surface area contributed by atoms with Gasteiger partial charge in [0, 0.05) is 31.6 Å². The van der Waals surface area contributed by atoms with Crippen molar-refractivity contribution in [2.24, 2.45) is 14.1 Å². The molecule has 2 aromatic carbocycles. The highest BCUT2D eigenvalue weighted by Crippen LogP contribution is 2.43. The summed E-state index contributed by atoms with van der Waals surface area (Å²) in [5.41, 5.74) is 0.923. The zero-order valence-electron chi connectivity index (χ0n) is 14.1. The highest BCUT2D eigenvalue weighted by atomic mass is 16.5. The topological polar surface area (TPSA) is 53.2 Å². The molecule has 0 atom stereocenters. The second-order valence-corrected chi connectivity index (χ2v) is 6.33. The van der Waals surface area contributed by atoms with Gasteiger partial charge < -0.3 is 4.74 Å². The van der Waals surface area contributed by atoms with Crippen molar-refractivity contribution in [3.63, 3.8) is 0 Å². The average molecular weight is 334 g/mol. The lowest BCUT2D eigenvalue weighted by Gasteiger charge is -2.30. The summed E-state index contributed by atoms with van der Waals surface area (Å²) in [6, 6.07) is 19.6. The van der Waals surface area contributed by atoms with Gasteiger partial charge >= 0.3 is 5.69 Å². The van der Waals surface area contributed by atoms with E-state index in [9.17, 15) is 9.59 Å². The standard InChI is InChI=1S/C20H18N2O3/c1-21-17(23)16-13-20(14-9-5-3-6-10-14,15-11-7-4-8-12-15)25-18(16)22(2)19(21)24/h3-12H,13H2,1-2H3. The molecular weight excluding hydrogens is 316 g/mol. The summed E-state index contributed by atoms with van der Waals surface area (Å²) in [5.74, 6) is 0.348. The zero-order chi connectivity index (χ0) is 17.6. The number of fused-ring (bicyclic) bond motifs is 1. The third-order valence-corrected chi connectivity index (χ3v) is 4.88. The highest BCUT2D eigenvalue weighted by Gasteiger charge is 2.45. The lowest BCUT2D eigenvalue weighted by atomic mass is 9.83. The first-order chi connectivity index (χ1) is 12.0. The fraction of sp³-hybridized carbons (Fsp3) is 0.200. The number of benzene rings is 2. The Balaban J connectivity index is 2.01. The van der Waals surface area contributed by atoms with Crippen molar-refractivity contribution >= 4 is 0 Å². The fourth-order valence-electron chi connectivity index (χ4n) is 3.53. The van der Waals surface area contributed by atoms with Gasteiger partial charge in [-0.25, -0.2) is 4.79 Å². The van der Waals surface area contributed by atoms with E-state index in [2.05, 4.69) is 0 Å². The summed E-state index contributed by atoms with van der Waals surface area (Å²) in [5, 5.41) is 0. The smallest absolute Gasteiger partial charge is 0.333 e.